The van der Waals surface area contributed by atoms with Gasteiger partial charge in [0.05, 0.1) is 6.04 Å². The summed E-state index contributed by atoms with van der Waals surface area (Å²) >= 11 is 0. The number of likely N-dealkylation sites (N-methyl/N-ethyl adjacent to an activating group) is 1. The van der Waals surface area contributed by atoms with Crippen molar-refractivity contribution in [2.24, 2.45) is 11.6 Å². The molecule has 4 nitrogen and oxygen atoms in total. The molecule has 4 N–H and O–H groups in total. The Labute approximate surface area is 109 Å². The zero-order chi connectivity index (χ0) is 13.7. The Hall–Kier alpha value is -1.39. The normalized spacial score (nSPS) is 14.1. The minimum Gasteiger partial charge on any atom is -0.320 e. The SMILES string of the molecule is CCC(C)c1ccc(CC(N)C(=O)N(C)N)cc1. The predicted molar refractivity (Wildman–Crippen MR) is 73.8 cm³/mol. The molecule has 0 aliphatic heterocycles. The first-order valence-corrected chi connectivity index (χ1v) is 6.32. The minimum absolute atomic E-state index is 0.249. The number of rotatable bonds is 5. The zero-order valence-corrected chi connectivity index (χ0v) is 11.4. The molecule has 0 spiro atoms. The van der Waals surface area contributed by atoms with Crippen LogP contribution in [0.15, 0.2) is 24.3 Å². The molecule has 0 fully saturated rings. The molecule has 2 atom stereocenters. The summed E-state index contributed by atoms with van der Waals surface area (Å²) < 4.78 is 0. The summed E-state index contributed by atoms with van der Waals surface area (Å²) in [5, 5.41) is 1.04. The van der Waals surface area contributed by atoms with Crippen LogP contribution in [0.2, 0.25) is 0 Å². The third-order valence-electron chi connectivity index (χ3n) is 3.28. The van der Waals surface area contributed by atoms with Crippen LogP contribution in [0, 0.1) is 0 Å². The number of carbonyl (C=O) groups is 1. The van der Waals surface area contributed by atoms with Crippen molar-refractivity contribution >= 4 is 5.91 Å². The van der Waals surface area contributed by atoms with Crippen molar-refractivity contribution in [3.63, 3.8) is 0 Å². The fourth-order valence-corrected chi connectivity index (χ4v) is 1.82. The average Bonchev–Trinajstić information content (AvgIpc) is 2.37. The van der Waals surface area contributed by atoms with Gasteiger partial charge in [0.1, 0.15) is 0 Å². The van der Waals surface area contributed by atoms with E-state index in [0.717, 1.165) is 17.0 Å². The molecule has 0 saturated carbocycles. The smallest absolute Gasteiger partial charge is 0.253 e. The fraction of sp³-hybridized carbons (Fsp3) is 0.500. The van der Waals surface area contributed by atoms with Crippen molar-refractivity contribution in [3.8, 4) is 0 Å². The molecule has 0 aliphatic carbocycles. The van der Waals surface area contributed by atoms with Gasteiger partial charge in [-0.1, -0.05) is 38.1 Å². The Morgan fingerprint density at radius 2 is 1.89 bits per heavy atom. The second kappa shape index (κ2) is 6.52. The van der Waals surface area contributed by atoms with Crippen LogP contribution in [0.3, 0.4) is 0 Å². The quantitative estimate of drug-likeness (QED) is 0.471. The first-order chi connectivity index (χ1) is 8.45. The van der Waals surface area contributed by atoms with Crippen LogP contribution in [-0.4, -0.2) is 24.0 Å². The van der Waals surface area contributed by atoms with Crippen molar-refractivity contribution in [2.75, 3.05) is 7.05 Å². The lowest BCUT2D eigenvalue weighted by atomic mass is 9.96. The average molecular weight is 249 g/mol. The van der Waals surface area contributed by atoms with E-state index < -0.39 is 6.04 Å². The van der Waals surface area contributed by atoms with Gasteiger partial charge in [0, 0.05) is 7.05 Å². The maximum Gasteiger partial charge on any atom is 0.253 e. The summed E-state index contributed by atoms with van der Waals surface area (Å²) in [7, 11) is 1.51. The summed E-state index contributed by atoms with van der Waals surface area (Å²) in [6.07, 6.45) is 1.64. The van der Waals surface area contributed by atoms with Gasteiger partial charge in [0.15, 0.2) is 0 Å². The van der Waals surface area contributed by atoms with E-state index in [-0.39, 0.29) is 5.91 Å². The number of amides is 1. The van der Waals surface area contributed by atoms with E-state index in [1.807, 2.05) is 12.1 Å². The summed E-state index contributed by atoms with van der Waals surface area (Å²) in [4.78, 5) is 11.5. The lowest BCUT2D eigenvalue weighted by Gasteiger charge is -2.16. The fourth-order valence-electron chi connectivity index (χ4n) is 1.82. The van der Waals surface area contributed by atoms with Gasteiger partial charge in [-0.05, 0) is 29.9 Å². The molecule has 1 amide bonds. The molecule has 18 heavy (non-hydrogen) atoms. The van der Waals surface area contributed by atoms with Crippen molar-refractivity contribution in [3.05, 3.63) is 35.4 Å². The Balaban J connectivity index is 2.66. The molecule has 1 rings (SSSR count). The van der Waals surface area contributed by atoms with Gasteiger partial charge in [0.2, 0.25) is 0 Å². The number of hydrazine groups is 1. The topological polar surface area (TPSA) is 72.4 Å². The standard InChI is InChI=1S/C14H23N3O/c1-4-10(2)12-7-5-11(6-8-12)9-13(15)14(18)17(3)16/h5-8,10,13H,4,9,15-16H2,1-3H3. The van der Waals surface area contributed by atoms with Crippen molar-refractivity contribution in [2.45, 2.75) is 38.6 Å². The van der Waals surface area contributed by atoms with Crippen LogP contribution in [0.4, 0.5) is 0 Å². The molecule has 2 unspecified atom stereocenters. The highest BCUT2D eigenvalue weighted by Gasteiger charge is 2.16. The maximum atomic E-state index is 11.5. The molecule has 0 aromatic heterocycles. The van der Waals surface area contributed by atoms with Gasteiger partial charge in [-0.2, -0.15) is 0 Å². The summed E-state index contributed by atoms with van der Waals surface area (Å²) in [6, 6.07) is 7.70. The molecule has 0 radical (unpaired) electrons. The molecule has 0 saturated heterocycles. The first kappa shape index (κ1) is 14.7. The van der Waals surface area contributed by atoms with Gasteiger partial charge in [-0.3, -0.25) is 9.80 Å². The van der Waals surface area contributed by atoms with Crippen LogP contribution in [0.5, 0.6) is 0 Å². The van der Waals surface area contributed by atoms with E-state index >= 15 is 0 Å². The summed E-state index contributed by atoms with van der Waals surface area (Å²) in [5.41, 5.74) is 8.18. The largest absolute Gasteiger partial charge is 0.320 e. The monoisotopic (exact) mass is 249 g/mol. The molecular formula is C14H23N3O. The molecule has 1 aromatic carbocycles. The van der Waals surface area contributed by atoms with Gasteiger partial charge in [0.25, 0.3) is 5.91 Å². The number of carbonyl (C=O) groups excluding carboxylic acids is 1. The Kier molecular flexibility index (Phi) is 5.31. The van der Waals surface area contributed by atoms with Gasteiger partial charge in [-0.15, -0.1) is 0 Å². The van der Waals surface area contributed by atoms with E-state index in [1.54, 1.807) is 0 Å². The number of benzene rings is 1. The molecule has 0 heterocycles. The second-order valence-corrected chi connectivity index (χ2v) is 4.81. The third kappa shape index (κ3) is 3.82. The van der Waals surface area contributed by atoms with E-state index in [1.165, 1.54) is 12.6 Å². The number of nitrogens with zero attached hydrogens (tertiary/aromatic N) is 1. The molecule has 100 valence electrons. The predicted octanol–water partition coefficient (Wildman–Crippen LogP) is 1.40. The van der Waals surface area contributed by atoms with Gasteiger partial charge in [-0.25, -0.2) is 5.84 Å². The van der Waals surface area contributed by atoms with Crippen molar-refractivity contribution in [1.82, 2.24) is 5.01 Å². The van der Waals surface area contributed by atoms with E-state index in [4.69, 9.17) is 11.6 Å². The lowest BCUT2D eigenvalue weighted by molar-refractivity contribution is -0.131. The van der Waals surface area contributed by atoms with Crippen molar-refractivity contribution in [1.29, 1.82) is 0 Å². The summed E-state index contributed by atoms with van der Waals surface area (Å²) in [6.45, 7) is 4.37. The minimum atomic E-state index is -0.575. The van der Waals surface area contributed by atoms with E-state index in [9.17, 15) is 4.79 Å². The number of nitrogens with two attached hydrogens (primary N) is 2. The van der Waals surface area contributed by atoms with Crippen LogP contribution in [-0.2, 0) is 11.2 Å². The summed E-state index contributed by atoms with van der Waals surface area (Å²) in [5.74, 6) is 5.69. The van der Waals surface area contributed by atoms with Crippen LogP contribution < -0.4 is 11.6 Å². The Bertz CT molecular complexity index is 387. The lowest BCUT2D eigenvalue weighted by Crippen LogP contribution is -2.46. The molecule has 0 bridgehead atoms. The highest BCUT2D eigenvalue weighted by Crippen LogP contribution is 2.19. The highest BCUT2D eigenvalue weighted by atomic mass is 16.2. The van der Waals surface area contributed by atoms with Crippen LogP contribution >= 0.6 is 0 Å². The van der Waals surface area contributed by atoms with Gasteiger partial charge >= 0.3 is 0 Å². The molecular weight excluding hydrogens is 226 g/mol. The second-order valence-electron chi connectivity index (χ2n) is 4.81. The van der Waals surface area contributed by atoms with E-state index in [2.05, 4.69) is 26.0 Å². The van der Waals surface area contributed by atoms with Crippen molar-refractivity contribution < 1.29 is 4.79 Å². The molecule has 4 heteroatoms. The zero-order valence-electron chi connectivity index (χ0n) is 11.4. The maximum absolute atomic E-state index is 11.5. The Morgan fingerprint density at radius 1 is 1.33 bits per heavy atom. The number of hydrogen-bond acceptors (Lipinski definition) is 3. The van der Waals surface area contributed by atoms with Gasteiger partial charge < -0.3 is 5.73 Å². The highest BCUT2D eigenvalue weighted by molar-refractivity contribution is 5.81. The van der Waals surface area contributed by atoms with Crippen LogP contribution in [0.25, 0.3) is 0 Å². The Morgan fingerprint density at radius 3 is 2.33 bits per heavy atom. The first-order valence-electron chi connectivity index (χ1n) is 6.32. The third-order valence-corrected chi connectivity index (χ3v) is 3.28. The molecule has 1 aromatic rings. The van der Waals surface area contributed by atoms with Crippen LogP contribution in [0.1, 0.15) is 37.3 Å². The van der Waals surface area contributed by atoms with E-state index in [0.29, 0.717) is 12.3 Å². The number of hydrogen-bond donors (Lipinski definition) is 2. The molecule has 0 aliphatic rings.